The van der Waals surface area contributed by atoms with E-state index in [0.717, 1.165) is 31.7 Å². The first-order valence-electron chi connectivity index (χ1n) is 9.37. The summed E-state index contributed by atoms with van der Waals surface area (Å²) in [5.74, 6) is -0.00632. The Morgan fingerprint density at radius 1 is 1.16 bits per heavy atom. The van der Waals surface area contributed by atoms with Gasteiger partial charge in [0.1, 0.15) is 0 Å². The lowest BCUT2D eigenvalue weighted by Gasteiger charge is -2.26. The number of nitrogens with one attached hydrogen (secondary N) is 1. The van der Waals surface area contributed by atoms with Gasteiger partial charge < -0.3 is 10.2 Å². The van der Waals surface area contributed by atoms with Crippen molar-refractivity contribution in [2.24, 2.45) is 0 Å². The summed E-state index contributed by atoms with van der Waals surface area (Å²) in [4.78, 5) is 15.0. The van der Waals surface area contributed by atoms with Gasteiger partial charge in [0.15, 0.2) is 0 Å². The molecule has 1 saturated heterocycles. The zero-order chi connectivity index (χ0) is 17.5. The first-order valence-corrected chi connectivity index (χ1v) is 9.37. The molecule has 0 spiro atoms. The second-order valence-corrected chi connectivity index (χ2v) is 6.66. The molecular formula is C20H28N4O. The summed E-state index contributed by atoms with van der Waals surface area (Å²) >= 11 is 0. The zero-order valence-electron chi connectivity index (χ0n) is 15.1. The molecule has 0 atom stereocenters. The van der Waals surface area contributed by atoms with Gasteiger partial charge in [0.2, 0.25) is 0 Å². The van der Waals surface area contributed by atoms with Gasteiger partial charge >= 0.3 is 0 Å². The smallest absolute Gasteiger partial charge is 0.254 e. The van der Waals surface area contributed by atoms with E-state index in [1.165, 1.54) is 24.8 Å². The Bertz CT molecular complexity index is 674. The monoisotopic (exact) mass is 340 g/mol. The Labute approximate surface area is 150 Å². The fraction of sp³-hybridized carbons (Fsp3) is 0.500. The van der Waals surface area contributed by atoms with Crippen LogP contribution >= 0.6 is 0 Å². The summed E-state index contributed by atoms with van der Waals surface area (Å²) in [6.07, 6.45) is 6.39. The van der Waals surface area contributed by atoms with Crippen LogP contribution in [0.5, 0.6) is 0 Å². The van der Waals surface area contributed by atoms with Gasteiger partial charge in [-0.15, -0.1) is 0 Å². The molecule has 2 aromatic rings. The molecule has 1 aliphatic heterocycles. The second kappa shape index (κ2) is 8.81. The first-order chi connectivity index (χ1) is 12.3. The Morgan fingerprint density at radius 2 is 1.92 bits per heavy atom. The zero-order valence-corrected chi connectivity index (χ0v) is 15.1. The lowest BCUT2D eigenvalue weighted by Crippen LogP contribution is -2.37. The fourth-order valence-electron chi connectivity index (χ4n) is 3.47. The topological polar surface area (TPSA) is 50.2 Å². The lowest BCUT2D eigenvalue weighted by atomic mass is 10.1. The molecule has 1 fully saturated rings. The molecule has 0 radical (unpaired) electrons. The van der Waals surface area contributed by atoms with Crippen molar-refractivity contribution >= 4 is 5.91 Å². The normalized spacial score (nSPS) is 15.2. The summed E-state index contributed by atoms with van der Waals surface area (Å²) in [6, 6.07) is 10.2. The number of rotatable bonds is 7. The van der Waals surface area contributed by atoms with Crippen molar-refractivity contribution in [3.05, 3.63) is 53.3 Å². The van der Waals surface area contributed by atoms with Crippen LogP contribution in [0.3, 0.4) is 0 Å². The number of hydrogen-bond acceptors (Lipinski definition) is 3. The van der Waals surface area contributed by atoms with Crippen molar-refractivity contribution in [1.29, 1.82) is 0 Å². The molecule has 1 aliphatic rings. The first kappa shape index (κ1) is 17.7. The van der Waals surface area contributed by atoms with Crippen LogP contribution in [-0.4, -0.2) is 46.8 Å². The molecule has 0 aliphatic carbocycles. The molecule has 134 valence electrons. The molecule has 25 heavy (non-hydrogen) atoms. The van der Waals surface area contributed by atoms with Gasteiger partial charge in [-0.25, -0.2) is 0 Å². The highest BCUT2D eigenvalue weighted by molar-refractivity contribution is 5.95. The van der Waals surface area contributed by atoms with Crippen LogP contribution in [0.1, 0.15) is 47.8 Å². The third kappa shape index (κ3) is 4.69. The molecule has 1 N–H and O–H groups in total. The quantitative estimate of drug-likeness (QED) is 0.843. The average Bonchev–Trinajstić information content (AvgIpc) is 3.06. The highest BCUT2D eigenvalue weighted by Gasteiger charge is 2.17. The van der Waals surface area contributed by atoms with E-state index >= 15 is 0 Å². The number of nitrogens with zero attached hydrogens (tertiary/aromatic N) is 3. The van der Waals surface area contributed by atoms with E-state index in [9.17, 15) is 4.79 Å². The molecule has 0 unspecified atom stereocenters. The van der Waals surface area contributed by atoms with Gasteiger partial charge in [0.25, 0.3) is 5.91 Å². The molecule has 3 rings (SSSR count). The average molecular weight is 340 g/mol. The number of hydrogen-bond donors (Lipinski definition) is 1. The fourth-order valence-corrected chi connectivity index (χ4v) is 3.47. The molecule has 0 saturated carbocycles. The van der Waals surface area contributed by atoms with Crippen LogP contribution in [0.4, 0.5) is 0 Å². The molecule has 5 heteroatoms. The van der Waals surface area contributed by atoms with Gasteiger partial charge in [-0.1, -0.05) is 43.7 Å². The summed E-state index contributed by atoms with van der Waals surface area (Å²) in [5.41, 5.74) is 2.90. The van der Waals surface area contributed by atoms with E-state index in [0.29, 0.717) is 18.7 Å². The van der Waals surface area contributed by atoms with Crippen molar-refractivity contribution in [2.75, 3.05) is 26.2 Å². The summed E-state index contributed by atoms with van der Waals surface area (Å²) in [5, 5.41) is 7.51. The van der Waals surface area contributed by atoms with Gasteiger partial charge in [-0.3, -0.25) is 9.48 Å². The molecule has 1 amide bonds. The second-order valence-electron chi connectivity index (χ2n) is 6.66. The van der Waals surface area contributed by atoms with Crippen LogP contribution in [0, 0.1) is 0 Å². The molecule has 5 nitrogen and oxygen atoms in total. The summed E-state index contributed by atoms with van der Waals surface area (Å²) < 4.78 is 1.94. The van der Waals surface area contributed by atoms with E-state index < -0.39 is 0 Å². The Morgan fingerprint density at radius 3 is 2.64 bits per heavy atom. The van der Waals surface area contributed by atoms with Crippen molar-refractivity contribution in [1.82, 2.24) is 20.0 Å². The molecule has 1 aromatic heterocycles. The van der Waals surface area contributed by atoms with Crippen molar-refractivity contribution in [3.8, 4) is 0 Å². The number of carbonyl (C=O) groups excluding carboxylic acids is 1. The van der Waals surface area contributed by atoms with Crippen LogP contribution < -0.4 is 5.32 Å². The Hall–Kier alpha value is -2.14. The number of amides is 1. The van der Waals surface area contributed by atoms with Crippen LogP contribution in [-0.2, 0) is 13.0 Å². The van der Waals surface area contributed by atoms with Crippen molar-refractivity contribution in [3.63, 3.8) is 0 Å². The number of piperidine rings is 1. The van der Waals surface area contributed by atoms with Gasteiger partial charge in [-0.05, 0) is 37.9 Å². The maximum absolute atomic E-state index is 12.5. The summed E-state index contributed by atoms with van der Waals surface area (Å²) in [6.45, 7) is 6.72. The van der Waals surface area contributed by atoms with Gasteiger partial charge in [0, 0.05) is 13.1 Å². The van der Waals surface area contributed by atoms with E-state index in [2.05, 4.69) is 34.4 Å². The predicted octanol–water partition coefficient (Wildman–Crippen LogP) is 2.71. The number of carbonyl (C=O) groups is 1. The number of likely N-dealkylation sites (tertiary alicyclic amines) is 1. The largest absolute Gasteiger partial charge is 0.351 e. The predicted molar refractivity (Wildman–Crippen MR) is 99.8 cm³/mol. The van der Waals surface area contributed by atoms with Crippen LogP contribution in [0.15, 0.2) is 36.5 Å². The lowest BCUT2D eigenvalue weighted by molar-refractivity contribution is 0.0945. The minimum Gasteiger partial charge on any atom is -0.351 e. The molecule has 2 heterocycles. The maximum atomic E-state index is 12.5. The minimum absolute atomic E-state index is 0.00632. The third-order valence-corrected chi connectivity index (χ3v) is 4.87. The molecule has 0 bridgehead atoms. The van der Waals surface area contributed by atoms with Gasteiger partial charge in [0.05, 0.1) is 24.0 Å². The van der Waals surface area contributed by atoms with Crippen LogP contribution in [0.25, 0.3) is 0 Å². The Kier molecular flexibility index (Phi) is 6.23. The van der Waals surface area contributed by atoms with E-state index in [1.807, 2.05) is 22.9 Å². The highest BCUT2D eigenvalue weighted by Crippen LogP contribution is 2.12. The highest BCUT2D eigenvalue weighted by atomic mass is 16.1. The van der Waals surface area contributed by atoms with E-state index in [-0.39, 0.29) is 5.91 Å². The third-order valence-electron chi connectivity index (χ3n) is 4.87. The maximum Gasteiger partial charge on any atom is 0.254 e. The minimum atomic E-state index is -0.00632. The van der Waals surface area contributed by atoms with Crippen molar-refractivity contribution in [2.45, 2.75) is 39.2 Å². The molecule has 1 aromatic carbocycles. The Balaban J connectivity index is 1.58. The number of aromatic nitrogens is 2. The van der Waals surface area contributed by atoms with Crippen LogP contribution in [0.2, 0.25) is 0 Å². The molecular weight excluding hydrogens is 312 g/mol. The van der Waals surface area contributed by atoms with Crippen molar-refractivity contribution < 1.29 is 4.79 Å². The summed E-state index contributed by atoms with van der Waals surface area (Å²) in [7, 11) is 0. The SMILES string of the molecule is CCc1c(C(=O)NCCN2CCCCC2)cnn1Cc1ccccc1. The number of benzene rings is 1. The standard InChI is InChI=1S/C20H28N4O/c1-2-19-18(15-22-24(19)16-17-9-5-3-6-10-17)20(25)21-11-14-23-12-7-4-8-13-23/h3,5-6,9-10,15H,2,4,7-8,11-14,16H2,1H3,(H,21,25). The van der Waals surface area contributed by atoms with Gasteiger partial charge in [-0.2, -0.15) is 5.10 Å². The van der Waals surface area contributed by atoms with E-state index in [4.69, 9.17) is 0 Å². The van der Waals surface area contributed by atoms with E-state index in [1.54, 1.807) is 6.20 Å².